The molecule has 0 bridgehead atoms. The summed E-state index contributed by atoms with van der Waals surface area (Å²) in [5.74, 6) is 2.49. The van der Waals surface area contributed by atoms with Gasteiger partial charge >= 0.3 is 0 Å². The average molecular weight is 399 g/mol. The molecule has 150 valence electrons. The molecule has 0 saturated heterocycles. The highest BCUT2D eigenvalue weighted by atomic mass is 16.5. The summed E-state index contributed by atoms with van der Waals surface area (Å²) in [7, 11) is 0. The Bertz CT molecular complexity index is 1170. The number of carbonyl (C=O) groups is 1. The number of ether oxygens (including phenoxy) is 1. The van der Waals surface area contributed by atoms with Crippen LogP contribution >= 0.6 is 0 Å². The molecule has 4 aromatic rings. The number of aryl methyl sites for hydroxylation is 2. The van der Waals surface area contributed by atoms with E-state index in [9.17, 15) is 4.79 Å². The second-order valence-corrected chi connectivity index (χ2v) is 6.83. The number of hydrogen-bond acceptors (Lipinski definition) is 5. The van der Waals surface area contributed by atoms with Gasteiger partial charge in [0.25, 0.3) is 5.91 Å². The molecule has 0 fully saturated rings. The Kier molecular flexibility index (Phi) is 5.26. The Morgan fingerprint density at radius 2 is 1.53 bits per heavy atom. The average Bonchev–Trinajstić information content (AvgIpc) is 3.01. The van der Waals surface area contributed by atoms with E-state index in [0.717, 1.165) is 23.0 Å². The summed E-state index contributed by atoms with van der Waals surface area (Å²) < 4.78 is 7.63. The lowest BCUT2D eigenvalue weighted by Gasteiger charge is -2.09. The molecule has 0 aliphatic rings. The fourth-order valence-corrected chi connectivity index (χ4v) is 3.08. The zero-order chi connectivity index (χ0) is 21.1. The van der Waals surface area contributed by atoms with Crippen LogP contribution in [0.3, 0.4) is 0 Å². The molecule has 0 atom stereocenters. The monoisotopic (exact) mass is 399 g/mol. The lowest BCUT2D eigenvalue weighted by molar-refractivity contribution is 0.102. The Morgan fingerprint density at radius 3 is 2.13 bits per heavy atom. The maximum atomic E-state index is 12.5. The molecule has 0 aliphatic carbocycles. The fraction of sp³-hybridized carbons (Fsp3) is 0.130. The van der Waals surface area contributed by atoms with E-state index in [2.05, 4.69) is 20.3 Å². The molecule has 0 unspecified atom stereocenters. The van der Waals surface area contributed by atoms with E-state index in [1.54, 1.807) is 36.7 Å². The topological polar surface area (TPSA) is 81.9 Å². The minimum atomic E-state index is -0.247. The molecule has 2 aromatic carbocycles. The maximum Gasteiger partial charge on any atom is 0.255 e. The summed E-state index contributed by atoms with van der Waals surface area (Å²) in [5, 5.41) is 2.81. The van der Waals surface area contributed by atoms with Gasteiger partial charge in [0, 0.05) is 11.3 Å². The minimum Gasteiger partial charge on any atom is -0.457 e. The van der Waals surface area contributed by atoms with Crippen molar-refractivity contribution in [3.63, 3.8) is 0 Å². The molecule has 2 heterocycles. The molecule has 4 rings (SSSR count). The van der Waals surface area contributed by atoms with Crippen LogP contribution in [0, 0.1) is 20.8 Å². The molecular weight excluding hydrogens is 378 g/mol. The molecule has 7 nitrogen and oxygen atoms in total. The van der Waals surface area contributed by atoms with Crippen LogP contribution in [0.5, 0.6) is 11.5 Å². The number of aromatic nitrogens is 4. The van der Waals surface area contributed by atoms with Gasteiger partial charge in [-0.1, -0.05) is 18.2 Å². The van der Waals surface area contributed by atoms with Gasteiger partial charge in [0.05, 0.1) is 23.8 Å². The largest absolute Gasteiger partial charge is 0.457 e. The Balaban J connectivity index is 1.43. The molecule has 7 heteroatoms. The Hall–Kier alpha value is -4.00. The number of benzene rings is 2. The lowest BCUT2D eigenvalue weighted by Crippen LogP contribution is -2.13. The van der Waals surface area contributed by atoms with Crippen molar-refractivity contribution >= 4 is 11.6 Å². The first-order chi connectivity index (χ1) is 14.5. The van der Waals surface area contributed by atoms with Gasteiger partial charge in [0.1, 0.15) is 17.3 Å². The highest BCUT2D eigenvalue weighted by Gasteiger charge is 2.12. The van der Waals surface area contributed by atoms with Crippen molar-refractivity contribution in [1.29, 1.82) is 0 Å². The van der Waals surface area contributed by atoms with E-state index in [-0.39, 0.29) is 5.91 Å². The molecule has 0 saturated carbocycles. The first-order valence-electron chi connectivity index (χ1n) is 9.50. The van der Waals surface area contributed by atoms with Gasteiger partial charge in [0.15, 0.2) is 0 Å². The SMILES string of the molecule is Cc1nc(C)n(-c2ncc(NC(=O)c3ccc(Oc4ccccc4)cc3)cn2)c1C. The highest BCUT2D eigenvalue weighted by molar-refractivity contribution is 6.04. The third kappa shape index (κ3) is 4.05. The van der Waals surface area contributed by atoms with Crippen LogP contribution in [0.1, 0.15) is 27.6 Å². The van der Waals surface area contributed by atoms with Gasteiger partial charge in [0.2, 0.25) is 5.95 Å². The number of rotatable bonds is 5. The van der Waals surface area contributed by atoms with Crippen molar-refractivity contribution in [3.05, 3.63) is 89.8 Å². The van der Waals surface area contributed by atoms with E-state index in [1.165, 1.54) is 0 Å². The fourth-order valence-electron chi connectivity index (χ4n) is 3.08. The van der Waals surface area contributed by atoms with Gasteiger partial charge in [-0.25, -0.2) is 15.0 Å². The lowest BCUT2D eigenvalue weighted by atomic mass is 10.2. The second-order valence-electron chi connectivity index (χ2n) is 6.83. The van der Waals surface area contributed by atoms with Gasteiger partial charge in [-0.2, -0.15) is 0 Å². The first kappa shape index (κ1) is 19.3. The second kappa shape index (κ2) is 8.16. The van der Waals surface area contributed by atoms with E-state index < -0.39 is 0 Å². The molecule has 2 aromatic heterocycles. The molecule has 0 spiro atoms. The smallest absolute Gasteiger partial charge is 0.255 e. The summed E-state index contributed by atoms with van der Waals surface area (Å²) in [4.78, 5) is 25.7. The van der Waals surface area contributed by atoms with Crippen LogP contribution in [0.4, 0.5) is 5.69 Å². The summed E-state index contributed by atoms with van der Waals surface area (Å²) >= 11 is 0. The predicted octanol–water partition coefficient (Wildman–Crippen LogP) is 4.63. The maximum absolute atomic E-state index is 12.5. The van der Waals surface area contributed by atoms with Gasteiger partial charge in [-0.3, -0.25) is 9.36 Å². The summed E-state index contributed by atoms with van der Waals surface area (Å²) in [5.41, 5.74) is 2.95. The van der Waals surface area contributed by atoms with Crippen LogP contribution in [0.2, 0.25) is 0 Å². The van der Waals surface area contributed by atoms with Crippen molar-refractivity contribution in [2.24, 2.45) is 0 Å². The molecule has 0 radical (unpaired) electrons. The number of para-hydroxylation sites is 1. The quantitative estimate of drug-likeness (QED) is 0.529. The zero-order valence-corrected chi connectivity index (χ0v) is 17.0. The Labute approximate surface area is 174 Å². The first-order valence-corrected chi connectivity index (χ1v) is 9.50. The van der Waals surface area contributed by atoms with Crippen LogP contribution in [0.15, 0.2) is 67.0 Å². The summed E-state index contributed by atoms with van der Waals surface area (Å²) in [6, 6.07) is 16.4. The van der Waals surface area contributed by atoms with Crippen molar-refractivity contribution in [2.45, 2.75) is 20.8 Å². The molecule has 1 N–H and O–H groups in total. The third-order valence-electron chi connectivity index (χ3n) is 4.70. The molecule has 1 amide bonds. The minimum absolute atomic E-state index is 0.247. The molecule has 0 aliphatic heterocycles. The number of imidazole rings is 1. The standard InChI is InChI=1S/C23H21N5O2/c1-15-16(2)28(17(3)26-15)23-24-13-19(14-25-23)27-22(29)18-9-11-21(12-10-18)30-20-7-5-4-6-8-20/h4-14H,1-3H3,(H,27,29). The summed E-state index contributed by atoms with van der Waals surface area (Å²) in [6.07, 6.45) is 3.17. The number of nitrogens with zero attached hydrogens (tertiary/aromatic N) is 4. The van der Waals surface area contributed by atoms with Gasteiger partial charge in [-0.15, -0.1) is 0 Å². The van der Waals surface area contributed by atoms with Crippen LogP contribution < -0.4 is 10.1 Å². The number of nitrogens with one attached hydrogen (secondary N) is 1. The van der Waals surface area contributed by atoms with E-state index >= 15 is 0 Å². The number of hydrogen-bond donors (Lipinski definition) is 1. The third-order valence-corrected chi connectivity index (χ3v) is 4.70. The van der Waals surface area contributed by atoms with E-state index in [0.29, 0.717) is 22.9 Å². The van der Waals surface area contributed by atoms with Gasteiger partial charge in [-0.05, 0) is 57.2 Å². The Morgan fingerprint density at radius 1 is 0.900 bits per heavy atom. The molecular formula is C23H21N5O2. The van der Waals surface area contributed by atoms with Crippen LogP contribution in [0.25, 0.3) is 5.95 Å². The highest BCUT2D eigenvalue weighted by Crippen LogP contribution is 2.21. The summed E-state index contributed by atoms with van der Waals surface area (Å²) in [6.45, 7) is 5.83. The number of carbonyl (C=O) groups excluding carboxylic acids is 1. The molecule has 30 heavy (non-hydrogen) atoms. The number of anilines is 1. The van der Waals surface area contributed by atoms with Gasteiger partial charge < -0.3 is 10.1 Å². The predicted molar refractivity (Wildman–Crippen MR) is 114 cm³/mol. The zero-order valence-electron chi connectivity index (χ0n) is 17.0. The van der Waals surface area contributed by atoms with Crippen LogP contribution in [-0.2, 0) is 0 Å². The number of amides is 1. The van der Waals surface area contributed by atoms with Crippen molar-refractivity contribution in [1.82, 2.24) is 19.5 Å². The van der Waals surface area contributed by atoms with Crippen LogP contribution in [-0.4, -0.2) is 25.4 Å². The van der Waals surface area contributed by atoms with Crippen molar-refractivity contribution in [3.8, 4) is 17.4 Å². The van der Waals surface area contributed by atoms with Crippen molar-refractivity contribution in [2.75, 3.05) is 5.32 Å². The van der Waals surface area contributed by atoms with Crippen molar-refractivity contribution < 1.29 is 9.53 Å². The van der Waals surface area contributed by atoms with E-state index in [1.807, 2.05) is 55.7 Å². The normalized spacial score (nSPS) is 10.6. The van der Waals surface area contributed by atoms with E-state index in [4.69, 9.17) is 4.74 Å².